The first-order chi connectivity index (χ1) is 10.4. The SMILES string of the molecule is CN(C)c1ncccc1NC(=O)CCS(=O)(=O)C1CCCC1. The van der Waals surface area contributed by atoms with Gasteiger partial charge >= 0.3 is 0 Å². The molecule has 1 N–H and O–H groups in total. The smallest absolute Gasteiger partial charge is 0.225 e. The molecule has 2 rings (SSSR count). The van der Waals surface area contributed by atoms with Crippen LogP contribution in [0.2, 0.25) is 0 Å². The molecule has 0 saturated heterocycles. The van der Waals surface area contributed by atoms with Crippen LogP contribution in [0.15, 0.2) is 18.3 Å². The van der Waals surface area contributed by atoms with Gasteiger partial charge in [0.15, 0.2) is 15.7 Å². The molecule has 1 heterocycles. The molecule has 122 valence electrons. The van der Waals surface area contributed by atoms with Gasteiger partial charge in [-0.05, 0) is 25.0 Å². The summed E-state index contributed by atoms with van der Waals surface area (Å²) in [4.78, 5) is 18.0. The van der Waals surface area contributed by atoms with E-state index in [0.29, 0.717) is 11.5 Å². The molecule has 1 aromatic rings. The van der Waals surface area contributed by atoms with Gasteiger partial charge in [-0.25, -0.2) is 13.4 Å². The number of nitrogens with one attached hydrogen (secondary N) is 1. The summed E-state index contributed by atoms with van der Waals surface area (Å²) in [5, 5.41) is 2.49. The Morgan fingerprint density at radius 2 is 2.05 bits per heavy atom. The van der Waals surface area contributed by atoms with E-state index in [-0.39, 0.29) is 23.3 Å². The summed E-state index contributed by atoms with van der Waals surface area (Å²) in [6.07, 6.45) is 5.04. The maximum atomic E-state index is 12.2. The molecule has 0 atom stereocenters. The van der Waals surface area contributed by atoms with Gasteiger partial charge in [0.05, 0.1) is 16.7 Å². The van der Waals surface area contributed by atoms with Gasteiger partial charge in [-0.1, -0.05) is 12.8 Å². The summed E-state index contributed by atoms with van der Waals surface area (Å²) in [6, 6.07) is 3.49. The summed E-state index contributed by atoms with van der Waals surface area (Å²) < 4.78 is 24.3. The fourth-order valence-electron chi connectivity index (χ4n) is 2.71. The third-order valence-corrected chi connectivity index (χ3v) is 6.17. The second kappa shape index (κ2) is 7.09. The highest BCUT2D eigenvalue weighted by Crippen LogP contribution is 2.26. The number of aromatic nitrogens is 1. The largest absolute Gasteiger partial charge is 0.361 e. The van der Waals surface area contributed by atoms with Crippen LogP contribution in [0.3, 0.4) is 0 Å². The van der Waals surface area contributed by atoms with E-state index >= 15 is 0 Å². The average Bonchev–Trinajstić information content (AvgIpc) is 3.01. The minimum absolute atomic E-state index is 0.0133. The van der Waals surface area contributed by atoms with Crippen LogP contribution in [0, 0.1) is 0 Å². The molecule has 1 aromatic heterocycles. The first-order valence-corrected chi connectivity index (χ1v) is 9.25. The Balaban J connectivity index is 1.93. The van der Waals surface area contributed by atoms with Crippen molar-refractivity contribution in [3.63, 3.8) is 0 Å². The molecule has 0 unspecified atom stereocenters. The van der Waals surface area contributed by atoms with Gasteiger partial charge in [0.25, 0.3) is 0 Å². The summed E-state index contributed by atoms with van der Waals surface area (Å²) in [5.41, 5.74) is 0.593. The van der Waals surface area contributed by atoms with Crippen molar-refractivity contribution >= 4 is 27.2 Å². The predicted molar refractivity (Wildman–Crippen MR) is 87.9 cm³/mol. The van der Waals surface area contributed by atoms with Crippen LogP contribution in [-0.4, -0.2) is 44.4 Å². The van der Waals surface area contributed by atoms with E-state index in [4.69, 9.17) is 0 Å². The number of hydrogen-bond donors (Lipinski definition) is 1. The number of nitrogens with zero attached hydrogens (tertiary/aromatic N) is 2. The lowest BCUT2D eigenvalue weighted by Crippen LogP contribution is -2.25. The Kier molecular flexibility index (Phi) is 5.39. The van der Waals surface area contributed by atoms with Gasteiger partial charge in [0.1, 0.15) is 0 Å². The van der Waals surface area contributed by atoms with Gasteiger partial charge in [0, 0.05) is 26.7 Å². The number of hydrogen-bond acceptors (Lipinski definition) is 5. The molecule has 7 heteroatoms. The Bertz CT molecular complexity index is 623. The van der Waals surface area contributed by atoms with Gasteiger partial charge in [-0.2, -0.15) is 0 Å². The van der Waals surface area contributed by atoms with Crippen molar-refractivity contribution < 1.29 is 13.2 Å². The highest BCUT2D eigenvalue weighted by molar-refractivity contribution is 7.92. The molecule has 1 saturated carbocycles. The van der Waals surface area contributed by atoms with Crippen LogP contribution in [0.4, 0.5) is 11.5 Å². The maximum Gasteiger partial charge on any atom is 0.225 e. The summed E-state index contributed by atoms with van der Waals surface area (Å²) in [7, 11) is 0.511. The van der Waals surface area contributed by atoms with Gasteiger partial charge in [-0.3, -0.25) is 4.79 Å². The monoisotopic (exact) mass is 325 g/mol. The van der Waals surface area contributed by atoms with Crippen molar-refractivity contribution in [3.05, 3.63) is 18.3 Å². The molecular weight excluding hydrogens is 302 g/mol. The van der Waals surface area contributed by atoms with Gasteiger partial charge in [0.2, 0.25) is 5.91 Å². The van der Waals surface area contributed by atoms with Crippen molar-refractivity contribution in [2.45, 2.75) is 37.4 Å². The standard InChI is InChI=1S/C15H23N3O3S/c1-18(2)15-13(8-5-10-16-15)17-14(19)9-11-22(20,21)12-6-3-4-7-12/h5,8,10,12H,3-4,6-7,9,11H2,1-2H3,(H,17,19). The molecule has 0 bridgehead atoms. The summed E-state index contributed by atoms with van der Waals surface area (Å²) in [5.74, 6) is 0.272. The van der Waals surface area contributed by atoms with E-state index in [2.05, 4.69) is 10.3 Å². The van der Waals surface area contributed by atoms with E-state index < -0.39 is 9.84 Å². The van der Waals surface area contributed by atoms with Crippen molar-refractivity contribution in [3.8, 4) is 0 Å². The fraction of sp³-hybridized carbons (Fsp3) is 0.600. The van der Waals surface area contributed by atoms with Crippen LogP contribution in [0.5, 0.6) is 0 Å². The highest BCUT2D eigenvalue weighted by Gasteiger charge is 2.28. The lowest BCUT2D eigenvalue weighted by molar-refractivity contribution is -0.115. The van der Waals surface area contributed by atoms with Crippen molar-refractivity contribution in [2.24, 2.45) is 0 Å². The van der Waals surface area contributed by atoms with E-state index in [1.54, 1.807) is 23.2 Å². The number of carbonyl (C=O) groups excluding carboxylic acids is 1. The lowest BCUT2D eigenvalue weighted by atomic mass is 10.3. The zero-order valence-corrected chi connectivity index (χ0v) is 13.9. The Morgan fingerprint density at radius 3 is 2.68 bits per heavy atom. The fourth-order valence-corrected chi connectivity index (χ4v) is 4.57. The molecule has 1 amide bonds. The van der Waals surface area contributed by atoms with E-state index in [1.165, 1.54) is 0 Å². The van der Waals surface area contributed by atoms with Gasteiger partial charge in [-0.15, -0.1) is 0 Å². The molecular formula is C15H23N3O3S. The zero-order valence-electron chi connectivity index (χ0n) is 13.1. The topological polar surface area (TPSA) is 79.4 Å². The molecule has 6 nitrogen and oxygen atoms in total. The molecule has 0 aromatic carbocycles. The zero-order chi connectivity index (χ0) is 16.2. The molecule has 0 aliphatic heterocycles. The normalized spacial score (nSPS) is 15.7. The third kappa shape index (κ3) is 4.19. The first-order valence-electron chi connectivity index (χ1n) is 7.54. The molecule has 22 heavy (non-hydrogen) atoms. The molecule has 1 aliphatic rings. The number of carbonyl (C=O) groups is 1. The average molecular weight is 325 g/mol. The van der Waals surface area contributed by atoms with E-state index in [0.717, 1.165) is 25.7 Å². The number of sulfone groups is 1. The van der Waals surface area contributed by atoms with Crippen molar-refractivity contribution in [2.75, 3.05) is 30.1 Å². The van der Waals surface area contributed by atoms with Crippen LogP contribution < -0.4 is 10.2 Å². The molecule has 0 spiro atoms. The minimum Gasteiger partial charge on any atom is -0.361 e. The molecule has 1 fully saturated rings. The Morgan fingerprint density at radius 1 is 1.36 bits per heavy atom. The number of rotatable bonds is 6. The summed E-state index contributed by atoms with van der Waals surface area (Å²) in [6.45, 7) is 0. The number of amides is 1. The second-order valence-electron chi connectivity index (χ2n) is 5.84. The predicted octanol–water partition coefficient (Wildman–Crippen LogP) is 1.83. The minimum atomic E-state index is -3.16. The molecule has 0 radical (unpaired) electrons. The summed E-state index contributed by atoms with van der Waals surface area (Å²) >= 11 is 0. The van der Waals surface area contributed by atoms with Crippen LogP contribution >= 0.6 is 0 Å². The Hall–Kier alpha value is -1.63. The van der Waals surface area contributed by atoms with Crippen molar-refractivity contribution in [1.82, 2.24) is 4.98 Å². The number of anilines is 2. The number of pyridine rings is 1. The van der Waals surface area contributed by atoms with E-state index in [1.807, 2.05) is 14.1 Å². The maximum absolute atomic E-state index is 12.2. The molecule has 1 aliphatic carbocycles. The van der Waals surface area contributed by atoms with Crippen molar-refractivity contribution in [1.29, 1.82) is 0 Å². The third-order valence-electron chi connectivity index (χ3n) is 3.91. The Labute approximate surface area is 131 Å². The highest BCUT2D eigenvalue weighted by atomic mass is 32.2. The van der Waals surface area contributed by atoms with E-state index in [9.17, 15) is 13.2 Å². The first kappa shape index (κ1) is 16.7. The lowest BCUT2D eigenvalue weighted by Gasteiger charge is -2.16. The quantitative estimate of drug-likeness (QED) is 0.863. The second-order valence-corrected chi connectivity index (χ2v) is 8.24. The van der Waals surface area contributed by atoms with Crippen LogP contribution in [-0.2, 0) is 14.6 Å². The van der Waals surface area contributed by atoms with Crippen LogP contribution in [0.1, 0.15) is 32.1 Å². The van der Waals surface area contributed by atoms with Gasteiger partial charge < -0.3 is 10.2 Å². The van der Waals surface area contributed by atoms with Crippen LogP contribution in [0.25, 0.3) is 0 Å².